The molecular weight excluding hydrogens is 232 g/mol. The lowest BCUT2D eigenvalue weighted by Crippen LogP contribution is -2.53. The Balaban J connectivity index is 2.74. The summed E-state index contributed by atoms with van der Waals surface area (Å²) in [6.45, 7) is 4.78. The molecule has 0 aliphatic carbocycles. The summed E-state index contributed by atoms with van der Waals surface area (Å²) in [5.74, 6) is -0.901. The SMILES string of the molecule is CCC[C@H](N)C(=O)N1CCCC(CC)(C(=O)O)C1. The third kappa shape index (κ3) is 3.02. The molecule has 5 heteroatoms. The predicted molar refractivity (Wildman–Crippen MR) is 69.1 cm³/mol. The van der Waals surface area contributed by atoms with Gasteiger partial charge in [0.25, 0.3) is 0 Å². The summed E-state index contributed by atoms with van der Waals surface area (Å²) in [5.41, 5.74) is 5.05. The van der Waals surface area contributed by atoms with Gasteiger partial charge in [-0.25, -0.2) is 0 Å². The van der Waals surface area contributed by atoms with Gasteiger partial charge >= 0.3 is 5.97 Å². The van der Waals surface area contributed by atoms with Gasteiger partial charge < -0.3 is 15.7 Å². The van der Waals surface area contributed by atoms with E-state index in [0.717, 1.165) is 12.8 Å². The van der Waals surface area contributed by atoms with E-state index in [0.29, 0.717) is 32.4 Å². The van der Waals surface area contributed by atoms with Crippen molar-refractivity contribution in [2.75, 3.05) is 13.1 Å². The highest BCUT2D eigenvalue weighted by Crippen LogP contribution is 2.33. The number of piperidine rings is 1. The van der Waals surface area contributed by atoms with E-state index < -0.39 is 17.4 Å². The first-order chi connectivity index (χ1) is 8.46. The second kappa shape index (κ2) is 6.18. The number of aliphatic carboxylic acids is 1. The monoisotopic (exact) mass is 256 g/mol. The van der Waals surface area contributed by atoms with Gasteiger partial charge in [-0.05, 0) is 25.7 Å². The van der Waals surface area contributed by atoms with Gasteiger partial charge in [0.1, 0.15) is 0 Å². The topological polar surface area (TPSA) is 83.6 Å². The predicted octanol–water partition coefficient (Wildman–Crippen LogP) is 1.22. The zero-order valence-electron chi connectivity index (χ0n) is 11.3. The van der Waals surface area contributed by atoms with Crippen LogP contribution in [0, 0.1) is 5.41 Å². The second-order valence-electron chi connectivity index (χ2n) is 5.20. The van der Waals surface area contributed by atoms with E-state index in [1.807, 2.05) is 13.8 Å². The van der Waals surface area contributed by atoms with Crippen LogP contribution in [0.3, 0.4) is 0 Å². The Morgan fingerprint density at radius 3 is 2.61 bits per heavy atom. The lowest BCUT2D eigenvalue weighted by Gasteiger charge is -2.40. The molecule has 1 fully saturated rings. The van der Waals surface area contributed by atoms with E-state index >= 15 is 0 Å². The van der Waals surface area contributed by atoms with Crippen LogP contribution in [0.4, 0.5) is 0 Å². The van der Waals surface area contributed by atoms with Gasteiger partial charge in [0.15, 0.2) is 0 Å². The Morgan fingerprint density at radius 1 is 1.44 bits per heavy atom. The van der Waals surface area contributed by atoms with E-state index in [4.69, 9.17) is 5.73 Å². The summed E-state index contributed by atoms with van der Waals surface area (Å²) in [7, 11) is 0. The quantitative estimate of drug-likeness (QED) is 0.774. The maximum absolute atomic E-state index is 12.1. The van der Waals surface area contributed by atoms with Crippen LogP contribution in [-0.2, 0) is 9.59 Å². The number of hydrogen-bond donors (Lipinski definition) is 2. The Kier molecular flexibility index (Phi) is 5.14. The highest BCUT2D eigenvalue weighted by Gasteiger charge is 2.42. The van der Waals surface area contributed by atoms with Crippen LogP contribution in [0.15, 0.2) is 0 Å². The molecule has 1 aliphatic heterocycles. The summed E-state index contributed by atoms with van der Waals surface area (Å²) in [6, 6.07) is -0.489. The maximum Gasteiger partial charge on any atom is 0.311 e. The molecule has 1 aliphatic rings. The van der Waals surface area contributed by atoms with Crippen molar-refractivity contribution < 1.29 is 14.7 Å². The molecule has 0 radical (unpaired) electrons. The van der Waals surface area contributed by atoms with Crippen molar-refractivity contribution in [3.63, 3.8) is 0 Å². The van der Waals surface area contributed by atoms with Crippen molar-refractivity contribution in [3.8, 4) is 0 Å². The molecule has 0 saturated carbocycles. The summed E-state index contributed by atoms with van der Waals surface area (Å²) in [5, 5.41) is 9.36. The second-order valence-corrected chi connectivity index (χ2v) is 5.20. The van der Waals surface area contributed by atoms with E-state index in [-0.39, 0.29) is 5.91 Å². The standard InChI is InChI=1S/C13H24N2O3/c1-3-6-10(14)11(16)15-8-5-7-13(4-2,9-15)12(17)18/h10H,3-9,14H2,1-2H3,(H,17,18)/t10-,13?/m0/s1. The van der Waals surface area contributed by atoms with E-state index in [2.05, 4.69) is 0 Å². The number of carboxylic acid groups (broad SMARTS) is 1. The van der Waals surface area contributed by atoms with Gasteiger partial charge in [-0.2, -0.15) is 0 Å². The summed E-state index contributed by atoms with van der Waals surface area (Å²) in [6.07, 6.45) is 3.45. The lowest BCUT2D eigenvalue weighted by atomic mass is 9.77. The first-order valence-corrected chi connectivity index (χ1v) is 6.74. The number of nitrogens with zero attached hydrogens (tertiary/aromatic N) is 1. The molecule has 1 saturated heterocycles. The van der Waals surface area contributed by atoms with Crippen molar-refractivity contribution in [1.82, 2.24) is 4.90 Å². The van der Waals surface area contributed by atoms with Crippen molar-refractivity contribution in [1.29, 1.82) is 0 Å². The Bertz CT molecular complexity index is 319. The highest BCUT2D eigenvalue weighted by atomic mass is 16.4. The number of nitrogens with two attached hydrogens (primary N) is 1. The van der Waals surface area contributed by atoms with Crippen LogP contribution in [0.1, 0.15) is 46.0 Å². The van der Waals surface area contributed by atoms with Crippen LogP contribution < -0.4 is 5.73 Å². The third-order valence-corrected chi connectivity index (χ3v) is 3.94. The minimum Gasteiger partial charge on any atom is -0.481 e. The molecule has 0 aromatic rings. The van der Waals surface area contributed by atoms with Crippen LogP contribution in [-0.4, -0.2) is 41.0 Å². The molecule has 3 N–H and O–H groups in total. The number of carbonyl (C=O) groups is 2. The first-order valence-electron chi connectivity index (χ1n) is 6.74. The molecule has 104 valence electrons. The highest BCUT2D eigenvalue weighted by molar-refractivity contribution is 5.83. The first kappa shape index (κ1) is 15.0. The third-order valence-electron chi connectivity index (χ3n) is 3.94. The molecule has 1 amide bonds. The average molecular weight is 256 g/mol. The van der Waals surface area contributed by atoms with Crippen LogP contribution >= 0.6 is 0 Å². The summed E-state index contributed by atoms with van der Waals surface area (Å²) < 4.78 is 0. The van der Waals surface area contributed by atoms with Gasteiger partial charge in [-0.1, -0.05) is 20.3 Å². The van der Waals surface area contributed by atoms with Gasteiger partial charge in [0, 0.05) is 13.1 Å². The summed E-state index contributed by atoms with van der Waals surface area (Å²) in [4.78, 5) is 25.2. The normalized spacial score (nSPS) is 25.8. The summed E-state index contributed by atoms with van der Waals surface area (Å²) >= 11 is 0. The zero-order valence-corrected chi connectivity index (χ0v) is 11.3. The number of amides is 1. The smallest absolute Gasteiger partial charge is 0.311 e. The number of likely N-dealkylation sites (tertiary alicyclic amines) is 1. The van der Waals surface area contributed by atoms with E-state index in [9.17, 15) is 14.7 Å². The van der Waals surface area contributed by atoms with Gasteiger partial charge in [-0.3, -0.25) is 9.59 Å². The fourth-order valence-electron chi connectivity index (χ4n) is 2.60. The number of carbonyl (C=O) groups excluding carboxylic acids is 1. The van der Waals surface area contributed by atoms with Gasteiger partial charge in [-0.15, -0.1) is 0 Å². The fourth-order valence-corrected chi connectivity index (χ4v) is 2.60. The van der Waals surface area contributed by atoms with E-state index in [1.165, 1.54) is 0 Å². The molecule has 5 nitrogen and oxygen atoms in total. The molecule has 1 rings (SSSR count). The van der Waals surface area contributed by atoms with Crippen molar-refractivity contribution in [3.05, 3.63) is 0 Å². The molecule has 0 spiro atoms. The lowest BCUT2D eigenvalue weighted by molar-refractivity contribution is -0.155. The zero-order chi connectivity index (χ0) is 13.8. The molecule has 2 atom stereocenters. The minimum atomic E-state index is -0.799. The number of rotatable bonds is 5. The largest absolute Gasteiger partial charge is 0.481 e. The molecule has 18 heavy (non-hydrogen) atoms. The minimum absolute atomic E-state index is 0.101. The maximum atomic E-state index is 12.1. The van der Waals surface area contributed by atoms with Crippen LogP contribution in [0.5, 0.6) is 0 Å². The Hall–Kier alpha value is -1.10. The molecule has 1 heterocycles. The van der Waals surface area contributed by atoms with Crippen molar-refractivity contribution in [2.24, 2.45) is 11.1 Å². The molecule has 1 unspecified atom stereocenters. The van der Waals surface area contributed by atoms with Crippen molar-refractivity contribution >= 4 is 11.9 Å². The van der Waals surface area contributed by atoms with E-state index in [1.54, 1.807) is 4.90 Å². The average Bonchev–Trinajstić information content (AvgIpc) is 2.37. The van der Waals surface area contributed by atoms with Crippen LogP contribution in [0.25, 0.3) is 0 Å². The Labute approximate surface area is 108 Å². The van der Waals surface area contributed by atoms with Crippen molar-refractivity contribution in [2.45, 2.75) is 52.0 Å². The number of carboxylic acids is 1. The van der Waals surface area contributed by atoms with Gasteiger partial charge in [0.2, 0.25) is 5.91 Å². The number of hydrogen-bond acceptors (Lipinski definition) is 3. The fraction of sp³-hybridized carbons (Fsp3) is 0.846. The molecular formula is C13H24N2O3. The van der Waals surface area contributed by atoms with Gasteiger partial charge in [0.05, 0.1) is 11.5 Å². The molecule has 0 aromatic carbocycles. The Morgan fingerprint density at radius 2 is 2.11 bits per heavy atom. The van der Waals surface area contributed by atoms with Crippen LogP contribution in [0.2, 0.25) is 0 Å². The molecule has 0 bridgehead atoms. The molecule has 0 aromatic heterocycles.